The standard InChI is InChI=1S/C21H32O4/c1-4-21(25)10-6-13-17-12(5-9-20(13,21)3)19(2)8-7-15(22)18(24)14(19)11-16(17)23/h1,12-18,22-25H,5-11H2,2-3H3/t12-,13-,14?,15+,16+,17+,18-,19+,20-,21-/m0/s1. The maximum absolute atomic E-state index is 11.0. The van der Waals surface area contributed by atoms with Gasteiger partial charge in [0.2, 0.25) is 0 Å². The second-order valence-electron chi connectivity index (χ2n) is 9.80. The van der Waals surface area contributed by atoms with E-state index in [1.807, 2.05) is 0 Å². The van der Waals surface area contributed by atoms with Crippen LogP contribution < -0.4 is 0 Å². The molecular formula is C21H32O4. The Balaban J connectivity index is 1.71. The van der Waals surface area contributed by atoms with Crippen molar-refractivity contribution >= 4 is 0 Å². The first-order valence-corrected chi connectivity index (χ1v) is 9.92. The van der Waals surface area contributed by atoms with E-state index >= 15 is 0 Å². The fraction of sp³-hybridized carbons (Fsp3) is 0.905. The smallest absolute Gasteiger partial charge is 0.130 e. The fourth-order valence-corrected chi connectivity index (χ4v) is 7.52. The van der Waals surface area contributed by atoms with Gasteiger partial charge in [0, 0.05) is 5.41 Å². The fourth-order valence-electron chi connectivity index (χ4n) is 7.52. The van der Waals surface area contributed by atoms with Gasteiger partial charge in [-0.2, -0.15) is 0 Å². The summed E-state index contributed by atoms with van der Waals surface area (Å²) in [6, 6.07) is 0. The van der Waals surface area contributed by atoms with Gasteiger partial charge in [-0.1, -0.05) is 19.8 Å². The van der Waals surface area contributed by atoms with Crippen molar-refractivity contribution in [3.8, 4) is 12.3 Å². The van der Waals surface area contributed by atoms with E-state index < -0.39 is 23.9 Å². The van der Waals surface area contributed by atoms with Crippen LogP contribution in [0.4, 0.5) is 0 Å². The van der Waals surface area contributed by atoms with E-state index in [9.17, 15) is 20.4 Å². The van der Waals surface area contributed by atoms with Crippen LogP contribution in [-0.2, 0) is 0 Å². The van der Waals surface area contributed by atoms with Gasteiger partial charge in [0.1, 0.15) is 5.60 Å². The lowest BCUT2D eigenvalue weighted by Crippen LogP contribution is -2.63. The molecule has 0 amide bonds. The van der Waals surface area contributed by atoms with Crippen molar-refractivity contribution in [1.82, 2.24) is 0 Å². The van der Waals surface area contributed by atoms with Crippen LogP contribution in [0.1, 0.15) is 58.8 Å². The maximum atomic E-state index is 11.0. The van der Waals surface area contributed by atoms with E-state index in [4.69, 9.17) is 6.42 Å². The molecule has 1 unspecified atom stereocenters. The highest BCUT2D eigenvalue weighted by Gasteiger charge is 2.67. The summed E-state index contributed by atoms with van der Waals surface area (Å²) < 4.78 is 0. The summed E-state index contributed by atoms with van der Waals surface area (Å²) in [5.41, 5.74) is -1.46. The van der Waals surface area contributed by atoms with Crippen LogP contribution in [0.25, 0.3) is 0 Å². The average molecular weight is 348 g/mol. The number of fused-ring (bicyclic) bond motifs is 5. The predicted octanol–water partition coefficient (Wildman–Crippen LogP) is 1.70. The molecule has 140 valence electrons. The van der Waals surface area contributed by atoms with Crippen molar-refractivity contribution < 1.29 is 20.4 Å². The number of aliphatic hydroxyl groups excluding tert-OH is 3. The lowest BCUT2D eigenvalue weighted by atomic mass is 9.43. The SMILES string of the molecule is C#C[C@]1(O)CC[C@H]2[C@@H]3[C@H](O)CC4[C@H](O)[C@H](O)CC[C@]4(C)[C@H]3CC[C@@]21C. The minimum atomic E-state index is -1.07. The summed E-state index contributed by atoms with van der Waals surface area (Å²) in [7, 11) is 0. The van der Waals surface area contributed by atoms with Gasteiger partial charge in [-0.05, 0) is 74.0 Å². The maximum Gasteiger partial charge on any atom is 0.130 e. The Bertz CT molecular complexity index is 599. The molecule has 0 bridgehead atoms. The molecule has 0 saturated heterocycles. The Morgan fingerprint density at radius 2 is 1.56 bits per heavy atom. The summed E-state index contributed by atoms with van der Waals surface area (Å²) in [6.45, 7) is 4.36. The monoisotopic (exact) mass is 348 g/mol. The number of rotatable bonds is 0. The molecule has 4 fully saturated rings. The molecule has 4 aliphatic carbocycles. The van der Waals surface area contributed by atoms with Crippen LogP contribution in [0.5, 0.6) is 0 Å². The highest BCUT2D eigenvalue weighted by atomic mass is 16.3. The minimum absolute atomic E-state index is 0.0511. The molecule has 4 N–H and O–H groups in total. The lowest BCUT2D eigenvalue weighted by molar-refractivity contribution is -0.212. The lowest BCUT2D eigenvalue weighted by Gasteiger charge is -2.63. The summed E-state index contributed by atoms with van der Waals surface area (Å²) in [5, 5.41) is 42.7. The summed E-state index contributed by atoms with van der Waals surface area (Å²) >= 11 is 0. The first kappa shape index (κ1) is 17.8. The van der Waals surface area contributed by atoms with Gasteiger partial charge in [-0.15, -0.1) is 6.42 Å². The molecule has 4 nitrogen and oxygen atoms in total. The quantitative estimate of drug-likeness (QED) is 0.502. The highest BCUT2D eigenvalue weighted by Crippen LogP contribution is 2.68. The van der Waals surface area contributed by atoms with Gasteiger partial charge >= 0.3 is 0 Å². The molecule has 0 spiro atoms. The zero-order chi connectivity index (χ0) is 18.2. The van der Waals surface area contributed by atoms with Crippen molar-refractivity contribution in [3.05, 3.63) is 0 Å². The third-order valence-electron chi connectivity index (χ3n) is 9.14. The van der Waals surface area contributed by atoms with E-state index in [0.717, 1.165) is 25.7 Å². The van der Waals surface area contributed by atoms with Crippen LogP contribution >= 0.6 is 0 Å². The van der Waals surface area contributed by atoms with Crippen LogP contribution in [0.2, 0.25) is 0 Å². The average Bonchev–Trinajstić information content (AvgIpc) is 2.86. The van der Waals surface area contributed by atoms with Crippen LogP contribution in [-0.4, -0.2) is 44.3 Å². The minimum Gasteiger partial charge on any atom is -0.393 e. The number of hydrogen-bond acceptors (Lipinski definition) is 4. The first-order chi connectivity index (χ1) is 11.7. The summed E-state index contributed by atoms with van der Waals surface area (Å²) in [5.74, 6) is 3.30. The van der Waals surface area contributed by atoms with Gasteiger partial charge < -0.3 is 20.4 Å². The Kier molecular flexibility index (Phi) is 3.88. The molecule has 10 atom stereocenters. The molecule has 0 aromatic rings. The molecule has 0 aliphatic heterocycles. The van der Waals surface area contributed by atoms with Crippen LogP contribution in [0.15, 0.2) is 0 Å². The summed E-state index contributed by atoms with van der Waals surface area (Å²) in [4.78, 5) is 0. The molecule has 4 saturated carbocycles. The predicted molar refractivity (Wildman–Crippen MR) is 94.3 cm³/mol. The van der Waals surface area contributed by atoms with Crippen molar-refractivity contribution in [1.29, 1.82) is 0 Å². The Morgan fingerprint density at radius 1 is 0.880 bits per heavy atom. The van der Waals surface area contributed by atoms with E-state index in [-0.39, 0.29) is 28.6 Å². The first-order valence-electron chi connectivity index (χ1n) is 9.92. The molecule has 4 heteroatoms. The van der Waals surface area contributed by atoms with E-state index in [0.29, 0.717) is 25.2 Å². The Morgan fingerprint density at radius 3 is 2.24 bits per heavy atom. The van der Waals surface area contributed by atoms with Crippen molar-refractivity contribution in [2.24, 2.45) is 34.5 Å². The second kappa shape index (κ2) is 5.45. The molecule has 0 aromatic heterocycles. The van der Waals surface area contributed by atoms with E-state index in [1.54, 1.807) is 0 Å². The Hall–Kier alpha value is -0.600. The Labute approximate surface area is 150 Å². The summed E-state index contributed by atoms with van der Waals surface area (Å²) in [6.07, 6.45) is 9.13. The zero-order valence-corrected chi connectivity index (χ0v) is 15.4. The van der Waals surface area contributed by atoms with Gasteiger partial charge in [0.05, 0.1) is 18.3 Å². The highest BCUT2D eigenvalue weighted by molar-refractivity contribution is 5.24. The topological polar surface area (TPSA) is 80.9 Å². The molecule has 0 radical (unpaired) electrons. The zero-order valence-electron chi connectivity index (χ0n) is 15.4. The molecule has 0 aromatic carbocycles. The van der Waals surface area contributed by atoms with Crippen molar-refractivity contribution in [2.75, 3.05) is 0 Å². The molecule has 0 heterocycles. The van der Waals surface area contributed by atoms with Crippen molar-refractivity contribution in [2.45, 2.75) is 82.7 Å². The largest absolute Gasteiger partial charge is 0.393 e. The molecular weight excluding hydrogens is 316 g/mol. The number of aliphatic hydroxyl groups is 4. The van der Waals surface area contributed by atoms with Gasteiger partial charge in [0.25, 0.3) is 0 Å². The third kappa shape index (κ3) is 2.10. The van der Waals surface area contributed by atoms with Gasteiger partial charge in [-0.3, -0.25) is 0 Å². The normalized spacial score (nSPS) is 60.9. The van der Waals surface area contributed by atoms with Crippen LogP contribution in [0.3, 0.4) is 0 Å². The van der Waals surface area contributed by atoms with Gasteiger partial charge in [0.15, 0.2) is 0 Å². The van der Waals surface area contributed by atoms with E-state index in [2.05, 4.69) is 19.8 Å². The van der Waals surface area contributed by atoms with Crippen molar-refractivity contribution in [3.63, 3.8) is 0 Å². The van der Waals surface area contributed by atoms with Crippen LogP contribution in [0, 0.1) is 46.8 Å². The third-order valence-corrected chi connectivity index (χ3v) is 9.14. The number of hydrogen-bond donors (Lipinski definition) is 4. The second-order valence-corrected chi connectivity index (χ2v) is 9.80. The molecule has 4 aliphatic rings. The van der Waals surface area contributed by atoms with Gasteiger partial charge in [-0.25, -0.2) is 0 Å². The number of terminal acetylenes is 1. The molecule has 25 heavy (non-hydrogen) atoms. The van der Waals surface area contributed by atoms with E-state index in [1.165, 1.54) is 0 Å². The molecule has 4 rings (SSSR count).